The van der Waals surface area contributed by atoms with Gasteiger partial charge < -0.3 is 4.74 Å². The number of ether oxygens (including phenoxy) is 1. The van der Waals surface area contributed by atoms with E-state index in [1.807, 2.05) is 45.0 Å². The standard InChI is InChI=1S/C17H21NO3S/c1-4-21-16-9-11-17(12-10-16)22(19,20)18-14(3)15-7-5-13(2)6-8-15/h5-12,14,18H,4H2,1-3H3/t14-/m1/s1. The molecule has 0 saturated carbocycles. The molecule has 4 nitrogen and oxygen atoms in total. The lowest BCUT2D eigenvalue weighted by Gasteiger charge is -2.15. The van der Waals surface area contributed by atoms with Crippen molar-refractivity contribution in [3.8, 4) is 5.75 Å². The van der Waals surface area contributed by atoms with Gasteiger partial charge in [0, 0.05) is 6.04 Å². The Morgan fingerprint density at radius 2 is 1.64 bits per heavy atom. The van der Waals surface area contributed by atoms with Crippen LogP contribution in [0, 0.1) is 6.92 Å². The fourth-order valence-electron chi connectivity index (χ4n) is 2.11. The number of aryl methyl sites for hydroxylation is 1. The lowest BCUT2D eigenvalue weighted by atomic mass is 10.1. The van der Waals surface area contributed by atoms with Crippen molar-refractivity contribution in [2.24, 2.45) is 0 Å². The fourth-order valence-corrected chi connectivity index (χ4v) is 3.34. The van der Waals surface area contributed by atoms with Crippen LogP contribution >= 0.6 is 0 Å². The highest BCUT2D eigenvalue weighted by molar-refractivity contribution is 7.89. The molecule has 0 aliphatic carbocycles. The fraction of sp³-hybridized carbons (Fsp3) is 0.294. The van der Waals surface area contributed by atoms with Gasteiger partial charge in [-0.2, -0.15) is 0 Å². The Bertz CT molecular complexity index is 707. The molecular weight excluding hydrogens is 298 g/mol. The average Bonchev–Trinajstić information content (AvgIpc) is 2.48. The number of rotatable bonds is 6. The van der Waals surface area contributed by atoms with Crippen molar-refractivity contribution < 1.29 is 13.2 Å². The Labute approximate surface area is 132 Å². The molecule has 0 aliphatic heterocycles. The molecule has 0 saturated heterocycles. The predicted octanol–water partition coefficient (Wildman–Crippen LogP) is 3.43. The second-order valence-electron chi connectivity index (χ2n) is 5.16. The number of hydrogen-bond acceptors (Lipinski definition) is 3. The van der Waals surface area contributed by atoms with Crippen molar-refractivity contribution in [1.82, 2.24) is 4.72 Å². The highest BCUT2D eigenvalue weighted by atomic mass is 32.2. The highest BCUT2D eigenvalue weighted by Crippen LogP contribution is 2.19. The van der Waals surface area contributed by atoms with Gasteiger partial charge in [0.2, 0.25) is 10.0 Å². The number of hydrogen-bond donors (Lipinski definition) is 1. The predicted molar refractivity (Wildman–Crippen MR) is 87.5 cm³/mol. The van der Waals surface area contributed by atoms with Gasteiger partial charge in [-0.25, -0.2) is 13.1 Å². The normalized spacial score (nSPS) is 12.9. The van der Waals surface area contributed by atoms with E-state index in [0.29, 0.717) is 12.4 Å². The smallest absolute Gasteiger partial charge is 0.241 e. The van der Waals surface area contributed by atoms with Crippen LogP contribution in [0.3, 0.4) is 0 Å². The molecule has 0 heterocycles. The average molecular weight is 319 g/mol. The molecule has 0 unspecified atom stereocenters. The molecule has 118 valence electrons. The summed E-state index contributed by atoms with van der Waals surface area (Å²) in [7, 11) is -3.56. The molecule has 22 heavy (non-hydrogen) atoms. The Balaban J connectivity index is 2.14. The summed E-state index contributed by atoms with van der Waals surface area (Å²) in [5.74, 6) is 0.660. The SMILES string of the molecule is CCOc1ccc(S(=O)(=O)N[C@H](C)c2ccc(C)cc2)cc1. The number of sulfonamides is 1. The van der Waals surface area contributed by atoms with Gasteiger partial charge in [0.1, 0.15) is 5.75 Å². The maximum absolute atomic E-state index is 12.4. The van der Waals surface area contributed by atoms with Crippen LogP contribution < -0.4 is 9.46 Å². The van der Waals surface area contributed by atoms with Gasteiger partial charge in [0.25, 0.3) is 0 Å². The Hall–Kier alpha value is -1.85. The van der Waals surface area contributed by atoms with Crippen LogP contribution in [0.2, 0.25) is 0 Å². The monoisotopic (exact) mass is 319 g/mol. The van der Waals surface area contributed by atoms with Crippen molar-refractivity contribution >= 4 is 10.0 Å². The Morgan fingerprint density at radius 3 is 2.18 bits per heavy atom. The summed E-state index contributed by atoms with van der Waals surface area (Å²) in [4.78, 5) is 0.231. The van der Waals surface area contributed by atoms with Crippen LogP contribution in [0.1, 0.15) is 31.0 Å². The van der Waals surface area contributed by atoms with E-state index in [-0.39, 0.29) is 10.9 Å². The van der Waals surface area contributed by atoms with Crippen molar-refractivity contribution in [2.75, 3.05) is 6.61 Å². The van der Waals surface area contributed by atoms with Crippen LogP contribution in [0.4, 0.5) is 0 Å². The van der Waals surface area contributed by atoms with Crippen LogP contribution in [0.25, 0.3) is 0 Å². The van der Waals surface area contributed by atoms with E-state index in [0.717, 1.165) is 11.1 Å². The van der Waals surface area contributed by atoms with Crippen LogP contribution in [-0.2, 0) is 10.0 Å². The van der Waals surface area contributed by atoms with Crippen molar-refractivity contribution in [1.29, 1.82) is 0 Å². The van der Waals surface area contributed by atoms with E-state index < -0.39 is 10.0 Å². The van der Waals surface area contributed by atoms with E-state index in [1.165, 1.54) is 0 Å². The molecule has 0 aliphatic rings. The minimum Gasteiger partial charge on any atom is -0.494 e. The summed E-state index contributed by atoms with van der Waals surface area (Å²) >= 11 is 0. The Kier molecular flexibility index (Phi) is 5.21. The van der Waals surface area contributed by atoms with Crippen molar-refractivity contribution in [2.45, 2.75) is 31.7 Å². The van der Waals surface area contributed by atoms with Gasteiger partial charge in [-0.15, -0.1) is 0 Å². The minimum atomic E-state index is -3.56. The van der Waals surface area contributed by atoms with Crippen LogP contribution in [-0.4, -0.2) is 15.0 Å². The molecule has 2 rings (SSSR count). The third-order valence-corrected chi connectivity index (χ3v) is 4.91. The summed E-state index contributed by atoms with van der Waals surface area (Å²) in [6.07, 6.45) is 0. The second-order valence-corrected chi connectivity index (χ2v) is 6.87. The molecule has 1 N–H and O–H groups in total. The quantitative estimate of drug-likeness (QED) is 0.887. The van der Waals surface area contributed by atoms with Crippen molar-refractivity contribution in [3.63, 3.8) is 0 Å². The first-order chi connectivity index (χ1) is 10.4. The molecule has 0 spiro atoms. The maximum atomic E-state index is 12.4. The van der Waals surface area contributed by atoms with Crippen LogP contribution in [0.5, 0.6) is 5.75 Å². The van der Waals surface area contributed by atoms with E-state index >= 15 is 0 Å². The van der Waals surface area contributed by atoms with Crippen molar-refractivity contribution in [3.05, 3.63) is 59.7 Å². The zero-order chi connectivity index (χ0) is 16.2. The first-order valence-electron chi connectivity index (χ1n) is 7.24. The molecule has 0 bridgehead atoms. The molecule has 0 aromatic heterocycles. The summed E-state index contributed by atoms with van der Waals surface area (Å²) in [6, 6.07) is 13.9. The first-order valence-corrected chi connectivity index (χ1v) is 8.72. The third kappa shape index (κ3) is 4.08. The largest absolute Gasteiger partial charge is 0.494 e. The lowest BCUT2D eigenvalue weighted by molar-refractivity contribution is 0.340. The molecule has 0 fully saturated rings. The number of nitrogens with one attached hydrogen (secondary N) is 1. The molecule has 2 aromatic carbocycles. The zero-order valence-corrected chi connectivity index (χ0v) is 13.9. The van der Waals surface area contributed by atoms with E-state index in [9.17, 15) is 8.42 Å². The Morgan fingerprint density at radius 1 is 1.05 bits per heavy atom. The molecule has 5 heteroatoms. The van der Waals surface area contributed by atoms with E-state index in [1.54, 1.807) is 24.3 Å². The van der Waals surface area contributed by atoms with E-state index in [4.69, 9.17) is 4.74 Å². The maximum Gasteiger partial charge on any atom is 0.241 e. The van der Waals surface area contributed by atoms with Gasteiger partial charge >= 0.3 is 0 Å². The van der Waals surface area contributed by atoms with Crippen LogP contribution in [0.15, 0.2) is 53.4 Å². The summed E-state index contributed by atoms with van der Waals surface area (Å²) in [5, 5.41) is 0. The molecule has 1 atom stereocenters. The number of benzene rings is 2. The molecular formula is C17H21NO3S. The summed E-state index contributed by atoms with van der Waals surface area (Å²) in [6.45, 7) is 6.26. The van der Waals surface area contributed by atoms with Gasteiger partial charge in [0.05, 0.1) is 11.5 Å². The first kappa shape index (κ1) is 16.5. The van der Waals surface area contributed by atoms with Gasteiger partial charge in [0.15, 0.2) is 0 Å². The van der Waals surface area contributed by atoms with Gasteiger partial charge in [-0.1, -0.05) is 29.8 Å². The molecule has 0 radical (unpaired) electrons. The summed E-state index contributed by atoms with van der Waals surface area (Å²) < 4.78 is 32.8. The highest BCUT2D eigenvalue weighted by Gasteiger charge is 2.18. The molecule has 0 amide bonds. The zero-order valence-electron chi connectivity index (χ0n) is 13.0. The second kappa shape index (κ2) is 6.94. The van der Waals surface area contributed by atoms with Gasteiger partial charge in [-0.3, -0.25) is 0 Å². The van der Waals surface area contributed by atoms with E-state index in [2.05, 4.69) is 4.72 Å². The minimum absolute atomic E-state index is 0.231. The van der Waals surface area contributed by atoms with Gasteiger partial charge in [-0.05, 0) is 50.6 Å². The molecule has 2 aromatic rings. The third-order valence-electron chi connectivity index (χ3n) is 3.35. The lowest BCUT2D eigenvalue weighted by Crippen LogP contribution is -2.26. The topological polar surface area (TPSA) is 55.4 Å². The summed E-state index contributed by atoms with van der Waals surface area (Å²) in [5.41, 5.74) is 2.07.